The number of allylic oxidation sites excluding steroid dienone is 8. The fourth-order valence-electron chi connectivity index (χ4n) is 2.31. The van der Waals surface area contributed by atoms with E-state index in [1.54, 1.807) is 0 Å². The van der Waals surface area contributed by atoms with Gasteiger partial charge in [-0.15, -0.1) is 0 Å². The van der Waals surface area contributed by atoms with Crippen LogP contribution in [0.15, 0.2) is 48.6 Å². The second kappa shape index (κ2) is 2.22. The molecule has 0 aromatic carbocycles. The summed E-state index contributed by atoms with van der Waals surface area (Å²) in [7, 11) is 0. The normalized spacial score (nSPS) is 46.7. The molecule has 0 radical (unpaired) electrons. The van der Waals surface area contributed by atoms with Crippen molar-refractivity contribution < 1.29 is 0 Å². The Morgan fingerprint density at radius 2 is 0.500 bits per heavy atom. The van der Waals surface area contributed by atoms with E-state index < -0.39 is 0 Å². The van der Waals surface area contributed by atoms with Gasteiger partial charge in [0.2, 0.25) is 0 Å². The van der Waals surface area contributed by atoms with Gasteiger partial charge < -0.3 is 0 Å². The lowest BCUT2D eigenvalue weighted by atomic mass is 9.74. The first kappa shape index (κ1) is 6.47. The Labute approximate surface area is 73.0 Å². The molecule has 0 amide bonds. The summed E-state index contributed by atoms with van der Waals surface area (Å²) in [4.78, 5) is 0. The van der Waals surface area contributed by atoms with Crippen LogP contribution in [0, 0.1) is 23.7 Å². The predicted molar refractivity (Wildman–Crippen MR) is 50.5 cm³/mol. The molecule has 4 bridgehead atoms. The molecule has 0 unspecified atom stereocenters. The summed E-state index contributed by atoms with van der Waals surface area (Å²) in [5, 5.41) is 0. The summed E-state index contributed by atoms with van der Waals surface area (Å²) >= 11 is 0. The van der Waals surface area contributed by atoms with E-state index in [1.165, 1.54) is 0 Å². The van der Waals surface area contributed by atoms with Crippen LogP contribution in [0.1, 0.15) is 0 Å². The van der Waals surface area contributed by atoms with Gasteiger partial charge in [0.25, 0.3) is 0 Å². The highest BCUT2D eigenvalue weighted by molar-refractivity contribution is 5.30. The Morgan fingerprint density at radius 1 is 0.333 bits per heavy atom. The van der Waals surface area contributed by atoms with E-state index in [2.05, 4.69) is 48.6 Å². The predicted octanol–water partition coefficient (Wildman–Crippen LogP) is 2.72. The zero-order valence-corrected chi connectivity index (χ0v) is 6.93. The second-order valence-corrected chi connectivity index (χ2v) is 3.85. The lowest BCUT2D eigenvalue weighted by molar-refractivity contribution is 0.549. The van der Waals surface area contributed by atoms with Crippen LogP contribution in [0.2, 0.25) is 0 Å². The molecule has 0 aromatic heterocycles. The Kier molecular flexibility index (Phi) is 1.20. The molecule has 0 aliphatic heterocycles. The maximum absolute atomic E-state index is 2.36. The van der Waals surface area contributed by atoms with Crippen molar-refractivity contribution >= 4 is 0 Å². The summed E-state index contributed by atoms with van der Waals surface area (Å²) < 4.78 is 0. The standard InChI is InChI=1S/C12H12/c1-2-10-4-3-9(1)11-5-7-12(10)8-6-11/h1-12H. The van der Waals surface area contributed by atoms with E-state index in [0.29, 0.717) is 23.7 Å². The van der Waals surface area contributed by atoms with Gasteiger partial charge in [-0.25, -0.2) is 0 Å². The number of hydrogen-bond donors (Lipinski definition) is 0. The van der Waals surface area contributed by atoms with Crippen molar-refractivity contribution in [1.29, 1.82) is 0 Å². The van der Waals surface area contributed by atoms with E-state index in [1.807, 2.05) is 0 Å². The molecule has 0 saturated heterocycles. The minimum Gasteiger partial charge on any atom is -0.0801 e. The quantitative estimate of drug-likeness (QED) is 0.473. The molecule has 0 spiro atoms. The van der Waals surface area contributed by atoms with Crippen molar-refractivity contribution in [2.45, 2.75) is 0 Å². The maximum atomic E-state index is 2.36. The van der Waals surface area contributed by atoms with Crippen molar-refractivity contribution in [2.24, 2.45) is 23.7 Å². The topological polar surface area (TPSA) is 0 Å². The SMILES string of the molecule is C1=CC2C=CC1C1C=CC2C=C1. The number of rotatable bonds is 0. The van der Waals surface area contributed by atoms with Crippen LogP contribution in [0.3, 0.4) is 0 Å². The Hall–Kier alpha value is -1.04. The van der Waals surface area contributed by atoms with Gasteiger partial charge in [-0.1, -0.05) is 48.6 Å². The summed E-state index contributed by atoms with van der Waals surface area (Å²) in [6.45, 7) is 0. The minimum atomic E-state index is 0.620. The van der Waals surface area contributed by atoms with Crippen molar-refractivity contribution in [3.63, 3.8) is 0 Å². The van der Waals surface area contributed by atoms with E-state index in [4.69, 9.17) is 0 Å². The largest absolute Gasteiger partial charge is 0.0801 e. The fraction of sp³-hybridized carbons (Fsp3) is 0.333. The molecule has 0 atom stereocenters. The molecule has 0 N–H and O–H groups in total. The molecule has 6 rings (SSSR count). The lowest BCUT2D eigenvalue weighted by Gasteiger charge is -2.31. The minimum absolute atomic E-state index is 0.620. The highest BCUT2D eigenvalue weighted by Gasteiger charge is 2.25. The highest BCUT2D eigenvalue weighted by Crippen LogP contribution is 2.36. The van der Waals surface area contributed by atoms with Gasteiger partial charge in [-0.05, 0) is 0 Å². The first-order valence-electron chi connectivity index (χ1n) is 4.67. The fourth-order valence-corrected chi connectivity index (χ4v) is 2.31. The van der Waals surface area contributed by atoms with Crippen LogP contribution in [-0.4, -0.2) is 0 Å². The molecule has 6 aliphatic rings. The van der Waals surface area contributed by atoms with Gasteiger partial charge in [0.15, 0.2) is 0 Å². The Bertz CT molecular complexity index is 216. The van der Waals surface area contributed by atoms with Crippen LogP contribution >= 0.6 is 0 Å². The molecule has 0 aromatic rings. The molecule has 60 valence electrons. The number of hydrogen-bond acceptors (Lipinski definition) is 0. The van der Waals surface area contributed by atoms with E-state index in [-0.39, 0.29) is 0 Å². The first-order valence-corrected chi connectivity index (χ1v) is 4.67. The molecule has 0 saturated carbocycles. The molecule has 6 aliphatic carbocycles. The van der Waals surface area contributed by atoms with Crippen LogP contribution in [-0.2, 0) is 0 Å². The highest BCUT2D eigenvalue weighted by atomic mass is 14.3. The van der Waals surface area contributed by atoms with Crippen molar-refractivity contribution in [3.8, 4) is 0 Å². The lowest BCUT2D eigenvalue weighted by Crippen LogP contribution is -2.21. The average Bonchev–Trinajstić information content (AvgIpc) is 2.13. The Morgan fingerprint density at radius 3 is 0.667 bits per heavy atom. The van der Waals surface area contributed by atoms with E-state index >= 15 is 0 Å². The molecule has 0 heteroatoms. The Balaban J connectivity index is 2.12. The van der Waals surface area contributed by atoms with Crippen LogP contribution in [0.25, 0.3) is 0 Å². The molecule has 0 heterocycles. The molecule has 12 heavy (non-hydrogen) atoms. The molecular formula is C12H12. The third-order valence-electron chi connectivity index (χ3n) is 3.11. The first-order chi connectivity index (χ1) is 5.93. The van der Waals surface area contributed by atoms with Gasteiger partial charge in [-0.3, -0.25) is 0 Å². The van der Waals surface area contributed by atoms with Gasteiger partial charge >= 0.3 is 0 Å². The monoisotopic (exact) mass is 156 g/mol. The van der Waals surface area contributed by atoms with E-state index in [0.717, 1.165) is 0 Å². The van der Waals surface area contributed by atoms with Crippen molar-refractivity contribution in [3.05, 3.63) is 48.6 Å². The van der Waals surface area contributed by atoms with Crippen LogP contribution < -0.4 is 0 Å². The van der Waals surface area contributed by atoms with Crippen molar-refractivity contribution in [2.75, 3.05) is 0 Å². The summed E-state index contributed by atoms with van der Waals surface area (Å²) in [5.41, 5.74) is 0. The van der Waals surface area contributed by atoms with Gasteiger partial charge in [0.1, 0.15) is 0 Å². The van der Waals surface area contributed by atoms with Crippen LogP contribution in [0.5, 0.6) is 0 Å². The smallest absolute Gasteiger partial charge is 0.00446 e. The molecule has 0 fully saturated rings. The summed E-state index contributed by atoms with van der Waals surface area (Å²) in [6.07, 6.45) is 18.9. The second-order valence-electron chi connectivity index (χ2n) is 3.85. The molecule has 0 nitrogen and oxygen atoms in total. The van der Waals surface area contributed by atoms with Crippen molar-refractivity contribution in [1.82, 2.24) is 0 Å². The third-order valence-corrected chi connectivity index (χ3v) is 3.11. The van der Waals surface area contributed by atoms with E-state index in [9.17, 15) is 0 Å². The summed E-state index contributed by atoms with van der Waals surface area (Å²) in [5.74, 6) is 2.48. The van der Waals surface area contributed by atoms with Gasteiger partial charge in [0, 0.05) is 23.7 Å². The maximum Gasteiger partial charge on any atom is 0.00446 e. The molecular weight excluding hydrogens is 144 g/mol. The summed E-state index contributed by atoms with van der Waals surface area (Å²) in [6, 6.07) is 0. The zero-order chi connectivity index (χ0) is 7.97. The van der Waals surface area contributed by atoms with Gasteiger partial charge in [-0.2, -0.15) is 0 Å². The van der Waals surface area contributed by atoms with Gasteiger partial charge in [0.05, 0.1) is 0 Å². The van der Waals surface area contributed by atoms with Crippen LogP contribution in [0.4, 0.5) is 0 Å². The average molecular weight is 156 g/mol. The zero-order valence-electron chi connectivity index (χ0n) is 6.93. The third kappa shape index (κ3) is 0.781.